The van der Waals surface area contributed by atoms with Crippen LogP contribution in [0.1, 0.15) is 12.2 Å². The van der Waals surface area contributed by atoms with E-state index in [1.807, 2.05) is 18.2 Å². The number of nitrogens with one attached hydrogen (secondary N) is 1. The maximum Gasteiger partial charge on any atom is 0.107 e. The van der Waals surface area contributed by atoms with E-state index in [1.54, 1.807) is 0 Å². The van der Waals surface area contributed by atoms with Gasteiger partial charge in [-0.05, 0) is 18.6 Å². The van der Waals surface area contributed by atoms with Gasteiger partial charge in [0.2, 0.25) is 0 Å². The Labute approximate surface area is 92.2 Å². The Morgan fingerprint density at radius 3 is 2.93 bits per heavy atom. The van der Waals surface area contributed by atoms with Crippen molar-refractivity contribution < 1.29 is 0 Å². The summed E-state index contributed by atoms with van der Waals surface area (Å²) < 4.78 is 0. The van der Waals surface area contributed by atoms with Crippen molar-refractivity contribution in [2.75, 3.05) is 5.88 Å². The molecule has 0 atom stereocenters. The van der Waals surface area contributed by atoms with Gasteiger partial charge < -0.3 is 4.98 Å². The molecule has 14 heavy (non-hydrogen) atoms. The Morgan fingerprint density at radius 1 is 1.36 bits per heavy atom. The molecule has 74 valence electrons. The van der Waals surface area contributed by atoms with Gasteiger partial charge in [-0.2, -0.15) is 0 Å². The van der Waals surface area contributed by atoms with E-state index in [1.165, 1.54) is 0 Å². The number of hydrogen-bond acceptors (Lipinski definition) is 1. The lowest BCUT2D eigenvalue weighted by Gasteiger charge is -1.89. The van der Waals surface area contributed by atoms with Gasteiger partial charge in [0.05, 0.1) is 10.5 Å². The average Bonchev–Trinajstić information content (AvgIpc) is 2.59. The van der Waals surface area contributed by atoms with E-state index in [9.17, 15) is 0 Å². The van der Waals surface area contributed by atoms with E-state index in [-0.39, 0.29) is 0 Å². The molecule has 1 aromatic heterocycles. The summed E-state index contributed by atoms with van der Waals surface area (Å²) in [5.74, 6) is 1.61. The lowest BCUT2D eigenvalue weighted by Crippen LogP contribution is -1.88. The van der Waals surface area contributed by atoms with Crippen LogP contribution in [0.2, 0.25) is 5.02 Å². The van der Waals surface area contributed by atoms with E-state index in [0.29, 0.717) is 10.9 Å². The average molecular weight is 229 g/mol. The van der Waals surface area contributed by atoms with Crippen molar-refractivity contribution in [2.24, 2.45) is 0 Å². The number of benzene rings is 1. The number of H-pyrrole nitrogens is 1. The van der Waals surface area contributed by atoms with Gasteiger partial charge in [-0.1, -0.05) is 17.7 Å². The third kappa shape index (κ3) is 1.86. The van der Waals surface area contributed by atoms with Crippen molar-refractivity contribution in [2.45, 2.75) is 12.8 Å². The highest BCUT2D eigenvalue weighted by Crippen LogP contribution is 2.21. The lowest BCUT2D eigenvalue weighted by atomic mass is 10.3. The molecule has 0 saturated carbocycles. The van der Waals surface area contributed by atoms with Crippen LogP contribution >= 0.6 is 23.2 Å². The summed E-state index contributed by atoms with van der Waals surface area (Å²) >= 11 is 11.6. The van der Waals surface area contributed by atoms with E-state index >= 15 is 0 Å². The highest BCUT2D eigenvalue weighted by molar-refractivity contribution is 6.34. The molecule has 1 N–H and O–H groups in total. The minimum Gasteiger partial charge on any atom is -0.342 e. The number of aromatic nitrogens is 2. The summed E-state index contributed by atoms with van der Waals surface area (Å²) in [5.41, 5.74) is 1.83. The summed E-state index contributed by atoms with van der Waals surface area (Å²) in [7, 11) is 0. The maximum atomic E-state index is 6.00. The predicted octanol–water partition coefficient (Wildman–Crippen LogP) is 3.39. The first-order chi connectivity index (χ1) is 6.81. The zero-order valence-corrected chi connectivity index (χ0v) is 9.07. The van der Waals surface area contributed by atoms with Gasteiger partial charge in [0.15, 0.2) is 0 Å². The van der Waals surface area contributed by atoms with Gasteiger partial charge in [0.25, 0.3) is 0 Å². The van der Waals surface area contributed by atoms with Gasteiger partial charge in [0.1, 0.15) is 11.3 Å². The SMILES string of the molecule is ClCCCc1nc2c(Cl)cccc2[nH]1. The van der Waals surface area contributed by atoms with Gasteiger partial charge >= 0.3 is 0 Å². The standard InChI is InChI=1S/C10H10Cl2N2/c11-6-2-5-9-13-8-4-1-3-7(12)10(8)14-9/h1,3-4H,2,5-6H2,(H,13,14). The second-order valence-corrected chi connectivity index (χ2v) is 3.90. The van der Waals surface area contributed by atoms with Gasteiger partial charge in [-0.15, -0.1) is 11.6 Å². The van der Waals surface area contributed by atoms with Crippen molar-refractivity contribution >= 4 is 34.2 Å². The highest BCUT2D eigenvalue weighted by atomic mass is 35.5. The predicted molar refractivity (Wildman–Crippen MR) is 60.1 cm³/mol. The molecule has 0 unspecified atom stereocenters. The molecule has 1 heterocycles. The molecule has 0 aliphatic rings. The van der Waals surface area contributed by atoms with Crippen LogP contribution in [0.4, 0.5) is 0 Å². The van der Waals surface area contributed by atoms with E-state index in [2.05, 4.69) is 9.97 Å². The molecule has 0 aliphatic heterocycles. The number of fused-ring (bicyclic) bond motifs is 1. The maximum absolute atomic E-state index is 6.00. The second-order valence-electron chi connectivity index (χ2n) is 3.11. The van der Waals surface area contributed by atoms with E-state index in [4.69, 9.17) is 23.2 Å². The first-order valence-corrected chi connectivity index (χ1v) is 5.41. The smallest absolute Gasteiger partial charge is 0.107 e. The number of nitrogens with zero attached hydrogens (tertiary/aromatic N) is 1. The van der Waals surface area contributed by atoms with Crippen molar-refractivity contribution in [3.8, 4) is 0 Å². The monoisotopic (exact) mass is 228 g/mol. The fourth-order valence-corrected chi connectivity index (χ4v) is 1.75. The second kappa shape index (κ2) is 4.20. The van der Waals surface area contributed by atoms with Gasteiger partial charge in [-0.3, -0.25) is 0 Å². The molecular formula is C10H10Cl2N2. The van der Waals surface area contributed by atoms with Crippen molar-refractivity contribution in [3.05, 3.63) is 29.0 Å². The van der Waals surface area contributed by atoms with Crippen LogP contribution in [0.15, 0.2) is 18.2 Å². The van der Waals surface area contributed by atoms with Crippen molar-refractivity contribution in [1.82, 2.24) is 9.97 Å². The van der Waals surface area contributed by atoms with E-state index in [0.717, 1.165) is 29.7 Å². The number of halogens is 2. The molecule has 0 fully saturated rings. The number of para-hydroxylation sites is 1. The van der Waals surface area contributed by atoms with Crippen molar-refractivity contribution in [1.29, 1.82) is 0 Å². The quantitative estimate of drug-likeness (QED) is 0.803. The number of hydrogen-bond donors (Lipinski definition) is 1. The molecule has 2 aromatic rings. The third-order valence-electron chi connectivity index (χ3n) is 2.06. The van der Waals surface area contributed by atoms with Crippen LogP contribution in [0, 0.1) is 0 Å². The first-order valence-electron chi connectivity index (χ1n) is 4.50. The Morgan fingerprint density at radius 2 is 2.21 bits per heavy atom. The fraction of sp³-hybridized carbons (Fsp3) is 0.300. The summed E-state index contributed by atoms with van der Waals surface area (Å²) in [5, 5.41) is 0.691. The Kier molecular flexibility index (Phi) is 2.94. The molecular weight excluding hydrogens is 219 g/mol. The van der Waals surface area contributed by atoms with Gasteiger partial charge in [0, 0.05) is 12.3 Å². The summed E-state index contributed by atoms with van der Waals surface area (Å²) in [4.78, 5) is 7.62. The Bertz CT molecular complexity index is 437. The van der Waals surface area contributed by atoms with Crippen LogP contribution < -0.4 is 0 Å². The molecule has 0 spiro atoms. The molecule has 1 aromatic carbocycles. The minimum absolute atomic E-state index is 0.658. The summed E-state index contributed by atoms with van der Waals surface area (Å²) in [6.45, 7) is 0. The molecule has 0 bridgehead atoms. The number of aryl methyl sites for hydroxylation is 1. The topological polar surface area (TPSA) is 28.7 Å². The first kappa shape index (κ1) is 9.81. The Balaban J connectivity index is 2.36. The van der Waals surface area contributed by atoms with Crippen LogP contribution in [0.25, 0.3) is 11.0 Å². The lowest BCUT2D eigenvalue weighted by molar-refractivity contribution is 0.867. The molecule has 0 aliphatic carbocycles. The normalized spacial score (nSPS) is 11.0. The molecule has 4 heteroatoms. The molecule has 0 radical (unpaired) electrons. The molecule has 2 rings (SSSR count). The van der Waals surface area contributed by atoms with Crippen LogP contribution in [-0.4, -0.2) is 15.8 Å². The minimum atomic E-state index is 0.658. The number of imidazole rings is 1. The van der Waals surface area contributed by atoms with Crippen LogP contribution in [0.5, 0.6) is 0 Å². The van der Waals surface area contributed by atoms with Crippen LogP contribution in [0.3, 0.4) is 0 Å². The summed E-state index contributed by atoms with van der Waals surface area (Å²) in [6, 6.07) is 5.72. The summed E-state index contributed by atoms with van der Waals surface area (Å²) in [6.07, 6.45) is 1.80. The fourth-order valence-electron chi connectivity index (χ4n) is 1.40. The molecule has 2 nitrogen and oxygen atoms in total. The highest BCUT2D eigenvalue weighted by Gasteiger charge is 2.04. The van der Waals surface area contributed by atoms with Crippen molar-refractivity contribution in [3.63, 3.8) is 0 Å². The molecule has 0 amide bonds. The zero-order valence-electron chi connectivity index (χ0n) is 7.56. The Hall–Kier alpha value is -0.730. The third-order valence-corrected chi connectivity index (χ3v) is 2.63. The number of rotatable bonds is 3. The largest absolute Gasteiger partial charge is 0.342 e. The van der Waals surface area contributed by atoms with Gasteiger partial charge in [-0.25, -0.2) is 4.98 Å². The number of aromatic amines is 1. The van der Waals surface area contributed by atoms with Crippen LogP contribution in [-0.2, 0) is 6.42 Å². The van der Waals surface area contributed by atoms with E-state index < -0.39 is 0 Å². The number of alkyl halides is 1. The zero-order chi connectivity index (χ0) is 9.97. The molecule has 0 saturated heterocycles.